The van der Waals surface area contributed by atoms with Crippen LogP contribution in [0.1, 0.15) is 31.7 Å². The molecular formula is C17H26FNO2. The van der Waals surface area contributed by atoms with Crippen LogP contribution in [-0.2, 0) is 11.3 Å². The molecule has 0 saturated heterocycles. The third kappa shape index (κ3) is 6.12. The molecule has 0 spiro atoms. The summed E-state index contributed by atoms with van der Waals surface area (Å²) in [5.41, 5.74) is 0.535. The van der Waals surface area contributed by atoms with Crippen LogP contribution in [0.15, 0.2) is 24.3 Å². The van der Waals surface area contributed by atoms with Crippen LogP contribution in [0, 0.1) is 11.7 Å². The molecule has 1 saturated carbocycles. The van der Waals surface area contributed by atoms with Crippen molar-refractivity contribution >= 4 is 0 Å². The highest BCUT2D eigenvalue weighted by Crippen LogP contribution is 2.29. The Morgan fingerprint density at radius 1 is 1.38 bits per heavy atom. The van der Waals surface area contributed by atoms with Crippen LogP contribution >= 0.6 is 0 Å². The second-order valence-electron chi connectivity index (χ2n) is 5.96. The number of hydrogen-bond donors (Lipinski definition) is 1. The zero-order valence-electron chi connectivity index (χ0n) is 12.8. The number of rotatable bonds is 10. The minimum Gasteiger partial charge on any atom is -0.389 e. The second kappa shape index (κ2) is 8.47. The van der Waals surface area contributed by atoms with Crippen molar-refractivity contribution in [2.45, 2.75) is 38.9 Å². The molecule has 0 bridgehead atoms. The van der Waals surface area contributed by atoms with Crippen LogP contribution < -0.4 is 0 Å². The molecule has 118 valence electrons. The molecule has 1 aromatic rings. The van der Waals surface area contributed by atoms with E-state index < -0.39 is 6.10 Å². The summed E-state index contributed by atoms with van der Waals surface area (Å²) in [6, 6.07) is 6.58. The number of benzene rings is 1. The summed E-state index contributed by atoms with van der Waals surface area (Å²) in [7, 11) is 0. The Morgan fingerprint density at radius 3 is 2.81 bits per heavy atom. The van der Waals surface area contributed by atoms with Gasteiger partial charge >= 0.3 is 0 Å². The van der Waals surface area contributed by atoms with E-state index in [1.54, 1.807) is 18.2 Å². The van der Waals surface area contributed by atoms with E-state index in [1.807, 2.05) is 0 Å². The summed E-state index contributed by atoms with van der Waals surface area (Å²) in [6.07, 6.45) is 3.22. The predicted molar refractivity (Wildman–Crippen MR) is 81.5 cm³/mol. The molecule has 1 N–H and O–H groups in total. The molecule has 21 heavy (non-hydrogen) atoms. The first kappa shape index (κ1) is 16.4. The van der Waals surface area contributed by atoms with Gasteiger partial charge in [-0.15, -0.1) is 0 Å². The number of halogens is 1. The Hall–Kier alpha value is -0.970. The quantitative estimate of drug-likeness (QED) is 0.720. The van der Waals surface area contributed by atoms with E-state index in [0.717, 1.165) is 25.4 Å². The van der Waals surface area contributed by atoms with Crippen molar-refractivity contribution < 1.29 is 14.2 Å². The van der Waals surface area contributed by atoms with Crippen molar-refractivity contribution in [3.63, 3.8) is 0 Å². The molecule has 0 radical (unpaired) electrons. The van der Waals surface area contributed by atoms with Crippen molar-refractivity contribution in [2.24, 2.45) is 5.92 Å². The zero-order valence-corrected chi connectivity index (χ0v) is 12.8. The van der Waals surface area contributed by atoms with E-state index in [4.69, 9.17) is 4.74 Å². The zero-order chi connectivity index (χ0) is 15.1. The number of ether oxygens (including phenoxy) is 1. The summed E-state index contributed by atoms with van der Waals surface area (Å²) in [5.74, 6) is 0.566. The van der Waals surface area contributed by atoms with Gasteiger partial charge in [-0.2, -0.15) is 0 Å². The Labute approximate surface area is 126 Å². The van der Waals surface area contributed by atoms with Gasteiger partial charge in [0.25, 0.3) is 0 Å². The molecule has 1 fully saturated rings. The number of nitrogens with zero attached hydrogens (tertiary/aromatic N) is 1. The van der Waals surface area contributed by atoms with E-state index in [9.17, 15) is 9.50 Å². The lowest BCUT2D eigenvalue weighted by molar-refractivity contribution is 0.00844. The SMILES string of the molecule is CCCN(CC(O)COCc1ccccc1F)CC1CC1. The highest BCUT2D eigenvalue weighted by molar-refractivity contribution is 5.16. The van der Waals surface area contributed by atoms with Crippen molar-refractivity contribution in [3.8, 4) is 0 Å². The van der Waals surface area contributed by atoms with Crippen molar-refractivity contribution in [2.75, 3.05) is 26.2 Å². The largest absolute Gasteiger partial charge is 0.389 e. The van der Waals surface area contributed by atoms with Gasteiger partial charge in [0.1, 0.15) is 5.82 Å². The van der Waals surface area contributed by atoms with Gasteiger partial charge in [-0.05, 0) is 37.8 Å². The van der Waals surface area contributed by atoms with Gasteiger partial charge in [-0.3, -0.25) is 0 Å². The number of aliphatic hydroxyl groups is 1. The highest BCUT2D eigenvalue weighted by atomic mass is 19.1. The fourth-order valence-corrected chi connectivity index (χ4v) is 2.51. The molecule has 1 unspecified atom stereocenters. The first-order chi connectivity index (χ1) is 10.2. The molecule has 0 amide bonds. The van der Waals surface area contributed by atoms with Gasteiger partial charge in [0.05, 0.1) is 19.3 Å². The monoisotopic (exact) mass is 295 g/mol. The fraction of sp³-hybridized carbons (Fsp3) is 0.647. The molecule has 0 heterocycles. The van der Waals surface area contributed by atoms with Gasteiger partial charge in [-0.1, -0.05) is 25.1 Å². The lowest BCUT2D eigenvalue weighted by atomic mass is 10.2. The average Bonchev–Trinajstić information content (AvgIpc) is 3.25. The highest BCUT2D eigenvalue weighted by Gasteiger charge is 2.24. The Kier molecular flexibility index (Phi) is 6.61. The fourth-order valence-electron chi connectivity index (χ4n) is 2.51. The molecule has 1 atom stereocenters. The van der Waals surface area contributed by atoms with Crippen molar-refractivity contribution in [1.82, 2.24) is 4.90 Å². The van der Waals surface area contributed by atoms with Crippen LogP contribution in [0.3, 0.4) is 0 Å². The maximum Gasteiger partial charge on any atom is 0.128 e. The Balaban J connectivity index is 1.68. The molecule has 1 aliphatic carbocycles. The topological polar surface area (TPSA) is 32.7 Å². The van der Waals surface area contributed by atoms with Crippen LogP contribution in [0.5, 0.6) is 0 Å². The van der Waals surface area contributed by atoms with Gasteiger partial charge < -0.3 is 14.7 Å². The maximum atomic E-state index is 13.4. The molecular weight excluding hydrogens is 269 g/mol. The third-order valence-electron chi connectivity index (χ3n) is 3.75. The molecule has 2 rings (SSSR count). The van der Waals surface area contributed by atoms with Crippen LogP contribution in [0.25, 0.3) is 0 Å². The van der Waals surface area contributed by atoms with Crippen molar-refractivity contribution in [1.29, 1.82) is 0 Å². The molecule has 0 aliphatic heterocycles. The van der Waals surface area contributed by atoms with E-state index in [1.165, 1.54) is 18.9 Å². The lowest BCUT2D eigenvalue weighted by Gasteiger charge is -2.24. The molecule has 1 aliphatic rings. The molecule has 3 nitrogen and oxygen atoms in total. The van der Waals surface area contributed by atoms with Crippen LogP contribution in [0.2, 0.25) is 0 Å². The predicted octanol–water partition coefficient (Wildman–Crippen LogP) is 2.83. The van der Waals surface area contributed by atoms with Crippen LogP contribution in [-0.4, -0.2) is 42.4 Å². The lowest BCUT2D eigenvalue weighted by Crippen LogP contribution is -2.36. The molecule has 1 aromatic carbocycles. The minimum absolute atomic E-state index is 0.208. The van der Waals surface area contributed by atoms with Gasteiger partial charge in [0.2, 0.25) is 0 Å². The number of hydrogen-bond acceptors (Lipinski definition) is 3. The summed E-state index contributed by atoms with van der Waals surface area (Å²) >= 11 is 0. The Bertz CT molecular complexity index is 423. The molecule has 4 heteroatoms. The van der Waals surface area contributed by atoms with Gasteiger partial charge in [0, 0.05) is 18.7 Å². The van der Waals surface area contributed by atoms with E-state index >= 15 is 0 Å². The van der Waals surface area contributed by atoms with Gasteiger partial charge in [-0.25, -0.2) is 4.39 Å². The van der Waals surface area contributed by atoms with Crippen molar-refractivity contribution in [3.05, 3.63) is 35.6 Å². The first-order valence-corrected chi connectivity index (χ1v) is 7.90. The standard InChI is InChI=1S/C17H26FNO2/c1-2-9-19(10-14-7-8-14)11-16(20)13-21-12-15-5-3-4-6-17(15)18/h3-6,14,16,20H,2,7-13H2,1H3. The third-order valence-corrected chi connectivity index (χ3v) is 3.75. The van der Waals surface area contributed by atoms with E-state index in [0.29, 0.717) is 12.1 Å². The number of aliphatic hydroxyl groups excluding tert-OH is 1. The maximum absolute atomic E-state index is 13.4. The summed E-state index contributed by atoms with van der Waals surface area (Å²) in [6.45, 7) is 5.35. The second-order valence-corrected chi connectivity index (χ2v) is 5.96. The van der Waals surface area contributed by atoms with Gasteiger partial charge in [0.15, 0.2) is 0 Å². The summed E-state index contributed by atoms with van der Waals surface area (Å²) in [5, 5.41) is 10.1. The van der Waals surface area contributed by atoms with E-state index in [2.05, 4.69) is 11.8 Å². The molecule has 0 aromatic heterocycles. The average molecular weight is 295 g/mol. The normalized spacial score (nSPS) is 16.4. The minimum atomic E-state index is -0.512. The smallest absolute Gasteiger partial charge is 0.128 e. The van der Waals surface area contributed by atoms with E-state index in [-0.39, 0.29) is 19.0 Å². The summed E-state index contributed by atoms with van der Waals surface area (Å²) < 4.78 is 18.9. The van der Waals surface area contributed by atoms with Crippen LogP contribution in [0.4, 0.5) is 4.39 Å². The summed E-state index contributed by atoms with van der Waals surface area (Å²) in [4.78, 5) is 2.31. The Morgan fingerprint density at radius 2 is 2.14 bits per heavy atom. The first-order valence-electron chi connectivity index (χ1n) is 7.90.